The van der Waals surface area contributed by atoms with Crippen LogP contribution in [0.1, 0.15) is 258 Å². The van der Waals surface area contributed by atoms with E-state index >= 15 is 0 Å². The maximum atomic E-state index is 12.5. The second-order valence-electron chi connectivity index (χ2n) is 16.3. The number of aliphatic hydroxyl groups excluding tert-OH is 3. The largest absolute Gasteiger partial charge is 0.394 e. The number of allylic oxidation sites excluding steroid dienone is 2. The molecule has 5 nitrogen and oxygen atoms in total. The molecule has 0 aliphatic carbocycles. The van der Waals surface area contributed by atoms with Crippen molar-refractivity contribution in [3.05, 3.63) is 12.2 Å². The minimum Gasteiger partial charge on any atom is -0.394 e. The fraction of sp³-hybridized carbons (Fsp3) is 0.936. The first-order chi connectivity index (χ1) is 25.6. The Balaban J connectivity index is 3.57. The van der Waals surface area contributed by atoms with Gasteiger partial charge in [-0.25, -0.2) is 0 Å². The Kier molecular flexibility index (Phi) is 42.1. The predicted molar refractivity (Wildman–Crippen MR) is 227 cm³/mol. The fourth-order valence-electron chi connectivity index (χ4n) is 7.42. The van der Waals surface area contributed by atoms with E-state index in [-0.39, 0.29) is 6.61 Å². The topological polar surface area (TPSA) is 89.8 Å². The van der Waals surface area contributed by atoms with E-state index in [9.17, 15) is 20.1 Å². The summed E-state index contributed by atoms with van der Waals surface area (Å²) in [6, 6.07) is -0.711. The third-order valence-corrected chi connectivity index (χ3v) is 11.1. The minimum absolute atomic E-state index is 0.312. The second-order valence-corrected chi connectivity index (χ2v) is 16.3. The van der Waals surface area contributed by atoms with Gasteiger partial charge in [-0.2, -0.15) is 0 Å². The third kappa shape index (κ3) is 37.4. The molecule has 0 aromatic rings. The Morgan fingerprint density at radius 3 is 1.06 bits per heavy atom. The molecule has 0 spiro atoms. The molecular weight excluding hydrogens is 643 g/mol. The summed E-state index contributed by atoms with van der Waals surface area (Å²) in [5.41, 5.74) is 0. The van der Waals surface area contributed by atoms with Crippen molar-refractivity contribution in [2.75, 3.05) is 6.61 Å². The lowest BCUT2D eigenvalue weighted by molar-refractivity contribution is -0.131. The smallest absolute Gasteiger partial charge is 0.249 e. The molecule has 310 valence electrons. The molecule has 0 bridgehead atoms. The number of aliphatic hydroxyl groups is 3. The van der Waals surface area contributed by atoms with Crippen LogP contribution in [0.3, 0.4) is 0 Å². The molecule has 5 heteroatoms. The number of amides is 1. The van der Waals surface area contributed by atoms with Crippen molar-refractivity contribution < 1.29 is 20.1 Å². The van der Waals surface area contributed by atoms with Crippen LogP contribution in [0.25, 0.3) is 0 Å². The average Bonchev–Trinajstić information content (AvgIpc) is 3.15. The molecule has 0 aromatic carbocycles. The van der Waals surface area contributed by atoms with Crippen LogP contribution in [0.15, 0.2) is 12.2 Å². The summed E-state index contributed by atoms with van der Waals surface area (Å²) in [5, 5.41) is 33.4. The van der Waals surface area contributed by atoms with Gasteiger partial charge in [0.1, 0.15) is 6.10 Å². The van der Waals surface area contributed by atoms with E-state index in [0.29, 0.717) is 12.8 Å². The number of rotatable bonds is 43. The molecule has 0 radical (unpaired) electrons. The van der Waals surface area contributed by atoms with Crippen LogP contribution in [0.2, 0.25) is 0 Å². The van der Waals surface area contributed by atoms with Crippen LogP contribution >= 0.6 is 0 Å². The molecule has 0 aliphatic rings. The molecule has 0 saturated heterocycles. The molecule has 52 heavy (non-hydrogen) atoms. The highest BCUT2D eigenvalue weighted by atomic mass is 16.3. The van der Waals surface area contributed by atoms with Crippen LogP contribution in [0.5, 0.6) is 0 Å². The summed E-state index contributed by atoms with van der Waals surface area (Å²) >= 11 is 0. The van der Waals surface area contributed by atoms with Gasteiger partial charge in [-0.3, -0.25) is 4.79 Å². The Labute approximate surface area is 325 Å². The summed E-state index contributed by atoms with van der Waals surface area (Å²) in [6.07, 6.45) is 50.8. The van der Waals surface area contributed by atoms with Gasteiger partial charge in [0, 0.05) is 0 Å². The molecule has 4 N–H and O–H groups in total. The Morgan fingerprint density at radius 2 is 0.731 bits per heavy atom. The molecule has 3 unspecified atom stereocenters. The number of hydrogen-bond donors (Lipinski definition) is 4. The van der Waals surface area contributed by atoms with E-state index in [1.54, 1.807) is 0 Å². The maximum absolute atomic E-state index is 12.5. The molecule has 0 aliphatic heterocycles. The molecule has 0 fully saturated rings. The zero-order valence-corrected chi connectivity index (χ0v) is 35.2. The van der Waals surface area contributed by atoms with E-state index < -0.39 is 24.2 Å². The van der Waals surface area contributed by atoms with Crippen molar-refractivity contribution in [1.29, 1.82) is 0 Å². The van der Waals surface area contributed by atoms with Crippen molar-refractivity contribution in [2.45, 2.75) is 276 Å². The number of nitrogens with one attached hydrogen (secondary N) is 1. The summed E-state index contributed by atoms with van der Waals surface area (Å²) < 4.78 is 0. The predicted octanol–water partition coefficient (Wildman–Crippen LogP) is 13.6. The SMILES string of the molecule is CCCCCCCC/C=C\CCCCCCCCC(O)C(=O)NC(CO)C(O)CCCCCCCCCCCCCCCCCCCCCCCC. The second kappa shape index (κ2) is 42.8. The number of hydrogen-bond acceptors (Lipinski definition) is 4. The summed E-state index contributed by atoms with van der Waals surface area (Å²) in [4.78, 5) is 12.5. The quantitative estimate of drug-likeness (QED) is 0.0371. The molecular formula is C47H93NO4. The summed E-state index contributed by atoms with van der Waals surface area (Å²) in [6.45, 7) is 4.24. The van der Waals surface area contributed by atoms with Gasteiger partial charge in [0.2, 0.25) is 5.91 Å². The van der Waals surface area contributed by atoms with E-state index in [2.05, 4.69) is 31.3 Å². The first kappa shape index (κ1) is 51.1. The standard InChI is InChI=1S/C47H93NO4/c1-3-5-7-9-11-13-15-17-19-21-22-23-24-25-26-28-29-31-33-35-37-39-41-45(50)44(43-49)48-47(52)46(51)42-40-38-36-34-32-30-27-20-18-16-14-12-10-8-6-4-2/h18,20,44-46,49-51H,3-17,19,21-43H2,1-2H3,(H,48,52)/b20-18-. The number of unbranched alkanes of at least 4 members (excludes halogenated alkanes) is 33. The van der Waals surface area contributed by atoms with Gasteiger partial charge in [0.15, 0.2) is 0 Å². The van der Waals surface area contributed by atoms with Crippen LogP contribution in [0.4, 0.5) is 0 Å². The van der Waals surface area contributed by atoms with Crippen molar-refractivity contribution in [3.63, 3.8) is 0 Å². The molecule has 0 saturated carbocycles. The normalized spacial score (nSPS) is 13.6. The molecule has 0 rings (SSSR count). The molecule has 0 aromatic heterocycles. The highest BCUT2D eigenvalue weighted by Crippen LogP contribution is 2.17. The zero-order valence-electron chi connectivity index (χ0n) is 35.2. The first-order valence-corrected chi connectivity index (χ1v) is 23.5. The fourth-order valence-corrected chi connectivity index (χ4v) is 7.42. The highest BCUT2D eigenvalue weighted by Gasteiger charge is 2.23. The average molecular weight is 736 g/mol. The highest BCUT2D eigenvalue weighted by molar-refractivity contribution is 5.80. The molecule has 1 amide bonds. The van der Waals surface area contributed by atoms with Gasteiger partial charge < -0.3 is 20.6 Å². The number of carbonyl (C=O) groups excluding carboxylic acids is 1. The summed E-state index contributed by atoms with van der Waals surface area (Å²) in [5.74, 6) is -0.472. The van der Waals surface area contributed by atoms with E-state index in [1.165, 1.54) is 199 Å². The van der Waals surface area contributed by atoms with Gasteiger partial charge in [0.05, 0.1) is 18.8 Å². The lowest BCUT2D eigenvalue weighted by atomic mass is 10.0. The zero-order chi connectivity index (χ0) is 38.0. The monoisotopic (exact) mass is 736 g/mol. The molecule has 0 heterocycles. The van der Waals surface area contributed by atoms with Gasteiger partial charge >= 0.3 is 0 Å². The lowest BCUT2D eigenvalue weighted by Gasteiger charge is -2.23. The van der Waals surface area contributed by atoms with Gasteiger partial charge in [-0.05, 0) is 38.5 Å². The van der Waals surface area contributed by atoms with Gasteiger partial charge in [-0.1, -0.05) is 231 Å². The third-order valence-electron chi connectivity index (χ3n) is 11.1. The van der Waals surface area contributed by atoms with Crippen LogP contribution in [-0.4, -0.2) is 46.1 Å². The van der Waals surface area contributed by atoms with Gasteiger partial charge in [-0.15, -0.1) is 0 Å². The minimum atomic E-state index is -1.08. The van der Waals surface area contributed by atoms with Crippen molar-refractivity contribution >= 4 is 5.91 Å². The lowest BCUT2D eigenvalue weighted by Crippen LogP contribution is -2.49. The summed E-state index contributed by atoms with van der Waals surface area (Å²) in [7, 11) is 0. The maximum Gasteiger partial charge on any atom is 0.249 e. The van der Waals surface area contributed by atoms with Crippen molar-refractivity contribution in [2.24, 2.45) is 0 Å². The van der Waals surface area contributed by atoms with Crippen LogP contribution in [-0.2, 0) is 4.79 Å². The van der Waals surface area contributed by atoms with Gasteiger partial charge in [0.25, 0.3) is 0 Å². The van der Waals surface area contributed by atoms with Crippen molar-refractivity contribution in [3.8, 4) is 0 Å². The Bertz CT molecular complexity index is 728. The number of carbonyl (C=O) groups is 1. The first-order valence-electron chi connectivity index (χ1n) is 23.5. The van der Waals surface area contributed by atoms with E-state index in [0.717, 1.165) is 32.1 Å². The van der Waals surface area contributed by atoms with E-state index in [4.69, 9.17) is 0 Å². The molecule has 3 atom stereocenters. The van der Waals surface area contributed by atoms with Crippen LogP contribution in [0, 0.1) is 0 Å². The van der Waals surface area contributed by atoms with Crippen molar-refractivity contribution in [1.82, 2.24) is 5.32 Å². The Morgan fingerprint density at radius 1 is 0.442 bits per heavy atom. The van der Waals surface area contributed by atoms with Crippen LogP contribution < -0.4 is 5.32 Å². The van der Waals surface area contributed by atoms with E-state index in [1.807, 2.05) is 0 Å². The Hall–Kier alpha value is -0.910.